The first-order chi connectivity index (χ1) is 12.3. The Hall–Kier alpha value is -2.15. The first-order valence-corrected chi connectivity index (χ1v) is 9.06. The van der Waals surface area contributed by atoms with E-state index >= 15 is 0 Å². The third-order valence-corrected chi connectivity index (χ3v) is 5.47. The van der Waals surface area contributed by atoms with E-state index in [1.165, 1.54) is 11.1 Å². The molecule has 0 aliphatic carbocycles. The van der Waals surface area contributed by atoms with Crippen molar-refractivity contribution in [1.29, 1.82) is 0 Å². The fraction of sp³-hybridized carbons (Fsp3) is 0.400. The van der Waals surface area contributed by atoms with Gasteiger partial charge in [0.2, 0.25) is 0 Å². The highest BCUT2D eigenvalue weighted by Crippen LogP contribution is 2.32. The molecular weight excluding hydrogens is 364 g/mol. The van der Waals surface area contributed by atoms with Crippen LogP contribution >= 0.6 is 12.4 Å². The Morgan fingerprint density at radius 3 is 2.81 bits per heavy atom. The number of nitrogens with one attached hydrogen (secondary N) is 1. The second-order valence-electron chi connectivity index (χ2n) is 7.21. The normalized spacial score (nSPS) is 17.1. The lowest BCUT2D eigenvalue weighted by Gasteiger charge is -2.27. The number of hydrogen-bond acceptors (Lipinski definition) is 4. The van der Waals surface area contributed by atoms with Crippen molar-refractivity contribution in [2.75, 3.05) is 26.7 Å². The van der Waals surface area contributed by atoms with Crippen molar-refractivity contribution in [2.24, 2.45) is 0 Å². The number of piperidine rings is 1. The van der Waals surface area contributed by atoms with E-state index in [1.807, 2.05) is 6.20 Å². The zero-order valence-corrected chi connectivity index (χ0v) is 16.2. The Kier molecular flexibility index (Phi) is 5.69. The van der Waals surface area contributed by atoms with Crippen LogP contribution in [0.3, 0.4) is 0 Å². The van der Waals surface area contributed by atoms with Gasteiger partial charge in [0.05, 0.1) is 23.8 Å². The summed E-state index contributed by atoms with van der Waals surface area (Å²) in [5.41, 5.74) is 5.58. The number of aromatic nitrogens is 3. The van der Waals surface area contributed by atoms with Gasteiger partial charge >= 0.3 is 0 Å². The predicted octanol–water partition coefficient (Wildman–Crippen LogP) is 2.97. The molecule has 0 atom stereocenters. The van der Waals surface area contributed by atoms with Gasteiger partial charge in [-0.25, -0.2) is 9.97 Å². The molecule has 0 spiro atoms. The van der Waals surface area contributed by atoms with E-state index in [9.17, 15) is 0 Å². The molecule has 2 aliphatic heterocycles. The maximum atomic E-state index is 5.60. The van der Waals surface area contributed by atoms with Crippen LogP contribution in [0.15, 0.2) is 30.5 Å². The van der Waals surface area contributed by atoms with E-state index in [4.69, 9.17) is 9.72 Å². The maximum Gasteiger partial charge on any atom is 0.132 e. The van der Waals surface area contributed by atoms with Crippen LogP contribution in [-0.2, 0) is 6.42 Å². The van der Waals surface area contributed by atoms with E-state index in [-0.39, 0.29) is 17.9 Å². The van der Waals surface area contributed by atoms with E-state index < -0.39 is 0 Å². The molecule has 6 nitrogen and oxygen atoms in total. The lowest BCUT2D eigenvalue weighted by molar-refractivity contribution is 0.251. The highest BCUT2D eigenvalue weighted by molar-refractivity contribution is 5.85. The average Bonchev–Trinajstić information content (AvgIpc) is 3.27. The van der Waals surface area contributed by atoms with Crippen LogP contribution in [0.5, 0.6) is 5.75 Å². The molecule has 0 bridgehead atoms. The van der Waals surface area contributed by atoms with Crippen LogP contribution in [-0.4, -0.2) is 52.1 Å². The summed E-state index contributed by atoms with van der Waals surface area (Å²) in [6.07, 6.45) is 5.22. The van der Waals surface area contributed by atoms with Gasteiger partial charge in [-0.05, 0) is 68.4 Å². The number of ether oxygens (including phenoxy) is 1. The quantitative estimate of drug-likeness (QED) is 0.731. The van der Waals surface area contributed by atoms with Gasteiger partial charge in [0.25, 0.3) is 0 Å². The molecule has 3 aromatic rings. The lowest BCUT2D eigenvalue weighted by atomic mass is 9.96. The molecule has 7 heteroatoms. The second-order valence-corrected chi connectivity index (χ2v) is 7.21. The zero-order chi connectivity index (χ0) is 16.8. The molecule has 0 saturated carbocycles. The number of benzene rings is 1. The minimum atomic E-state index is 0. The Morgan fingerprint density at radius 1 is 1.19 bits per heavy atom. The van der Waals surface area contributed by atoms with Gasteiger partial charge in [-0.15, -0.1) is 12.4 Å². The topological polar surface area (TPSA) is 85.5 Å². The summed E-state index contributed by atoms with van der Waals surface area (Å²) >= 11 is 0. The van der Waals surface area contributed by atoms with E-state index in [2.05, 4.69) is 46.2 Å². The van der Waals surface area contributed by atoms with E-state index in [1.54, 1.807) is 0 Å². The molecule has 4 heterocycles. The number of likely N-dealkylation sites (tertiary alicyclic amines) is 1. The van der Waals surface area contributed by atoms with Gasteiger partial charge in [-0.2, -0.15) is 0 Å². The van der Waals surface area contributed by atoms with Gasteiger partial charge in [-0.1, -0.05) is 0 Å². The highest BCUT2D eigenvalue weighted by Gasteiger charge is 2.21. The average molecular weight is 389 g/mol. The van der Waals surface area contributed by atoms with Crippen LogP contribution in [0, 0.1) is 0 Å². The number of H-pyrrole nitrogens is 1. The Balaban J connectivity index is 0.00000105. The fourth-order valence-corrected chi connectivity index (χ4v) is 3.91. The number of aromatic amines is 1. The van der Waals surface area contributed by atoms with E-state index in [0.717, 1.165) is 67.3 Å². The molecule has 5 rings (SSSR count). The predicted molar refractivity (Wildman–Crippen MR) is 109 cm³/mol. The van der Waals surface area contributed by atoms with Gasteiger partial charge in [-0.3, -0.25) is 0 Å². The summed E-state index contributed by atoms with van der Waals surface area (Å²) in [5.74, 6) is 2.49. The number of fused-ring (bicyclic) bond motifs is 2. The SMILES string of the molecule is CN1CCC(c2ncc3[nH]c(-c4ccc5c(c4)CCO5)cc3n2)CC1.Cl.O. The smallest absolute Gasteiger partial charge is 0.132 e. The number of hydrogen-bond donors (Lipinski definition) is 1. The van der Waals surface area contributed by atoms with Crippen molar-refractivity contribution in [3.05, 3.63) is 41.9 Å². The largest absolute Gasteiger partial charge is 0.493 e. The van der Waals surface area contributed by atoms with Gasteiger partial charge in [0.15, 0.2) is 0 Å². The summed E-state index contributed by atoms with van der Waals surface area (Å²) in [6, 6.07) is 8.55. The molecule has 0 radical (unpaired) electrons. The van der Waals surface area contributed by atoms with Gasteiger partial charge in [0, 0.05) is 18.0 Å². The third-order valence-electron chi connectivity index (χ3n) is 5.47. The molecular formula is C20H25ClN4O2. The maximum absolute atomic E-state index is 5.60. The molecule has 0 amide bonds. The molecule has 144 valence electrons. The third kappa shape index (κ3) is 3.65. The van der Waals surface area contributed by atoms with Crippen LogP contribution in [0.25, 0.3) is 22.3 Å². The Labute approximate surface area is 164 Å². The van der Waals surface area contributed by atoms with Crippen LogP contribution < -0.4 is 4.74 Å². The van der Waals surface area contributed by atoms with Crippen molar-refractivity contribution in [3.63, 3.8) is 0 Å². The summed E-state index contributed by atoms with van der Waals surface area (Å²) in [5, 5.41) is 0. The molecule has 3 N–H and O–H groups in total. The van der Waals surface area contributed by atoms with Crippen molar-refractivity contribution in [1.82, 2.24) is 19.9 Å². The summed E-state index contributed by atoms with van der Waals surface area (Å²) in [4.78, 5) is 15.3. The van der Waals surface area contributed by atoms with Crippen molar-refractivity contribution in [2.45, 2.75) is 25.2 Å². The minimum Gasteiger partial charge on any atom is -0.493 e. The van der Waals surface area contributed by atoms with Crippen molar-refractivity contribution < 1.29 is 10.2 Å². The molecule has 2 aliphatic rings. The second kappa shape index (κ2) is 7.84. The van der Waals surface area contributed by atoms with Crippen LogP contribution in [0.2, 0.25) is 0 Å². The standard InChI is InChI=1S/C20H22N4O.ClH.H2O/c1-24-7-4-13(5-8-24)20-21-12-18-17(23-20)11-16(22-18)14-2-3-19-15(10-14)6-9-25-19;;/h2-3,10-13,22H,4-9H2,1H3;1H;1H2. The molecule has 1 aromatic carbocycles. The minimum absolute atomic E-state index is 0. The monoisotopic (exact) mass is 388 g/mol. The first-order valence-electron chi connectivity index (χ1n) is 9.06. The summed E-state index contributed by atoms with van der Waals surface area (Å²) < 4.78 is 5.60. The Morgan fingerprint density at radius 2 is 2.00 bits per heavy atom. The number of nitrogens with zero attached hydrogens (tertiary/aromatic N) is 3. The first kappa shape index (κ1) is 19.6. The lowest BCUT2D eigenvalue weighted by Crippen LogP contribution is -2.29. The molecule has 27 heavy (non-hydrogen) atoms. The van der Waals surface area contributed by atoms with Gasteiger partial charge < -0.3 is 20.1 Å². The molecule has 2 aromatic heterocycles. The van der Waals surface area contributed by atoms with Crippen LogP contribution in [0.1, 0.15) is 30.1 Å². The zero-order valence-electron chi connectivity index (χ0n) is 15.4. The Bertz CT molecular complexity index is 935. The molecule has 1 saturated heterocycles. The fourth-order valence-electron chi connectivity index (χ4n) is 3.91. The molecule has 1 fully saturated rings. The number of rotatable bonds is 2. The van der Waals surface area contributed by atoms with Crippen molar-refractivity contribution >= 4 is 23.4 Å². The highest BCUT2D eigenvalue weighted by atomic mass is 35.5. The summed E-state index contributed by atoms with van der Waals surface area (Å²) in [7, 11) is 2.18. The number of halogens is 1. The van der Waals surface area contributed by atoms with E-state index in [0.29, 0.717) is 5.92 Å². The van der Waals surface area contributed by atoms with Crippen molar-refractivity contribution in [3.8, 4) is 17.0 Å². The van der Waals surface area contributed by atoms with Crippen LogP contribution in [0.4, 0.5) is 0 Å². The molecule has 0 unspecified atom stereocenters. The summed E-state index contributed by atoms with van der Waals surface area (Å²) in [6.45, 7) is 3.04. The van der Waals surface area contributed by atoms with Gasteiger partial charge in [0.1, 0.15) is 11.6 Å².